The zero-order valence-corrected chi connectivity index (χ0v) is 7.85. The van der Waals surface area contributed by atoms with Crippen LogP contribution in [0, 0.1) is 11.7 Å². The molecule has 2 nitrogen and oxygen atoms in total. The molecule has 1 rings (SSSR count). The lowest BCUT2D eigenvalue weighted by Crippen LogP contribution is -1.87. The lowest BCUT2D eigenvalue weighted by molar-refractivity contribution is 0.776. The Morgan fingerprint density at radius 1 is 1.36 bits per heavy atom. The van der Waals surface area contributed by atoms with E-state index < -0.39 is 0 Å². The van der Waals surface area contributed by atoms with Crippen LogP contribution in [0.3, 0.4) is 0 Å². The van der Waals surface area contributed by atoms with E-state index in [1.807, 2.05) is 0 Å². The van der Waals surface area contributed by atoms with Crippen LogP contribution in [0.1, 0.15) is 31.2 Å². The molecule has 1 aromatic rings. The minimum absolute atomic E-state index is 0.744. The molecule has 0 aliphatic heterocycles. The van der Waals surface area contributed by atoms with Crippen molar-refractivity contribution in [1.29, 1.82) is 0 Å². The van der Waals surface area contributed by atoms with Crippen LogP contribution in [0.2, 0.25) is 0 Å². The molecule has 0 amide bonds. The number of aryl methyl sites for hydroxylation is 2. The summed E-state index contributed by atoms with van der Waals surface area (Å²) >= 11 is 4.96. The molecule has 0 spiro atoms. The average Bonchev–Trinajstić information content (AvgIpc) is 2.26. The van der Waals surface area contributed by atoms with Crippen LogP contribution >= 0.6 is 12.2 Å². The fourth-order valence-electron chi connectivity index (χ4n) is 1.11. The molecule has 0 radical (unpaired) electrons. The fourth-order valence-corrected chi connectivity index (χ4v) is 1.39. The summed E-state index contributed by atoms with van der Waals surface area (Å²) in [6.45, 7) is 4.24. The summed E-state index contributed by atoms with van der Waals surface area (Å²) in [4.78, 5) is 6.21. The van der Waals surface area contributed by atoms with Gasteiger partial charge in [-0.05, 0) is 32.0 Å². The summed E-state index contributed by atoms with van der Waals surface area (Å²) < 4.78 is 0.744. The maximum absolute atomic E-state index is 4.96. The Hall–Kier alpha value is -0.570. The molecular weight excluding hydrogens is 156 g/mol. The summed E-state index contributed by atoms with van der Waals surface area (Å²) in [6.07, 6.45) is 3.56. The monoisotopic (exact) mass is 170 g/mol. The minimum Gasteiger partial charge on any atom is -0.335 e. The van der Waals surface area contributed by atoms with Crippen LogP contribution in [0.15, 0.2) is 0 Å². The van der Waals surface area contributed by atoms with Crippen molar-refractivity contribution in [2.75, 3.05) is 0 Å². The Bertz CT molecular complexity index is 272. The Kier molecular flexibility index (Phi) is 2.88. The van der Waals surface area contributed by atoms with Gasteiger partial charge in [-0.25, -0.2) is 0 Å². The lowest BCUT2D eigenvalue weighted by Gasteiger charge is -1.95. The summed E-state index contributed by atoms with van der Waals surface area (Å²) in [5.74, 6) is 0. The van der Waals surface area contributed by atoms with Crippen LogP contribution < -0.4 is 0 Å². The topological polar surface area (TPSA) is 31.6 Å². The SMILES string of the molecule is CCCCc1[nH]c(=S)[nH]c1C. The van der Waals surface area contributed by atoms with E-state index in [-0.39, 0.29) is 0 Å². The van der Waals surface area contributed by atoms with E-state index in [0.717, 1.165) is 11.2 Å². The Balaban J connectivity index is 2.69. The summed E-state index contributed by atoms with van der Waals surface area (Å²) in [7, 11) is 0. The molecule has 0 saturated carbocycles. The predicted octanol–water partition coefficient (Wildman–Crippen LogP) is 2.72. The first kappa shape index (κ1) is 8.53. The van der Waals surface area contributed by atoms with Gasteiger partial charge in [-0.1, -0.05) is 13.3 Å². The summed E-state index contributed by atoms with van der Waals surface area (Å²) in [5, 5.41) is 0. The van der Waals surface area contributed by atoms with Crippen LogP contribution in [-0.4, -0.2) is 9.97 Å². The number of aromatic nitrogens is 2. The Morgan fingerprint density at radius 3 is 2.55 bits per heavy atom. The smallest absolute Gasteiger partial charge is 0.174 e. The third-order valence-corrected chi connectivity index (χ3v) is 2.00. The van der Waals surface area contributed by atoms with Gasteiger partial charge in [0.25, 0.3) is 0 Å². The van der Waals surface area contributed by atoms with E-state index in [9.17, 15) is 0 Å². The predicted molar refractivity (Wildman–Crippen MR) is 49.3 cm³/mol. The maximum Gasteiger partial charge on any atom is 0.174 e. The van der Waals surface area contributed by atoms with Gasteiger partial charge in [0.1, 0.15) is 0 Å². The molecule has 0 aliphatic carbocycles. The molecular formula is C8H14N2S. The minimum atomic E-state index is 0.744. The molecule has 1 heterocycles. The van der Waals surface area contributed by atoms with E-state index in [2.05, 4.69) is 23.8 Å². The highest BCUT2D eigenvalue weighted by molar-refractivity contribution is 7.71. The van der Waals surface area contributed by atoms with E-state index in [0.29, 0.717) is 0 Å². The maximum atomic E-state index is 4.96. The van der Waals surface area contributed by atoms with Crippen LogP contribution in [0.5, 0.6) is 0 Å². The van der Waals surface area contributed by atoms with Crippen molar-refractivity contribution in [2.45, 2.75) is 33.1 Å². The first-order valence-electron chi connectivity index (χ1n) is 4.01. The average molecular weight is 170 g/mol. The standard InChI is InChI=1S/C8H14N2S/c1-3-4-5-7-6(2)9-8(11)10-7/h3-5H2,1-2H3,(H2,9,10,11). The van der Waals surface area contributed by atoms with Gasteiger partial charge in [0.15, 0.2) is 4.77 Å². The molecule has 2 N–H and O–H groups in total. The summed E-state index contributed by atoms with van der Waals surface area (Å²) in [6, 6.07) is 0. The lowest BCUT2D eigenvalue weighted by atomic mass is 10.2. The van der Waals surface area contributed by atoms with Crippen LogP contribution in [0.4, 0.5) is 0 Å². The molecule has 11 heavy (non-hydrogen) atoms. The van der Waals surface area contributed by atoms with Gasteiger partial charge >= 0.3 is 0 Å². The van der Waals surface area contributed by atoms with Crippen molar-refractivity contribution in [1.82, 2.24) is 9.97 Å². The number of nitrogens with one attached hydrogen (secondary N) is 2. The second-order valence-corrected chi connectivity index (χ2v) is 3.19. The third kappa shape index (κ3) is 2.19. The molecule has 62 valence electrons. The highest BCUT2D eigenvalue weighted by atomic mass is 32.1. The van der Waals surface area contributed by atoms with Crippen LogP contribution in [0.25, 0.3) is 0 Å². The Labute approximate surface area is 72.0 Å². The number of rotatable bonds is 3. The van der Waals surface area contributed by atoms with E-state index in [4.69, 9.17) is 12.2 Å². The van der Waals surface area contributed by atoms with Crippen molar-refractivity contribution in [3.05, 3.63) is 16.2 Å². The molecule has 0 bridgehead atoms. The van der Waals surface area contributed by atoms with Gasteiger partial charge in [-0.15, -0.1) is 0 Å². The molecule has 1 aromatic heterocycles. The number of imidazole rings is 1. The zero-order chi connectivity index (χ0) is 8.27. The number of unbranched alkanes of at least 4 members (excludes halogenated alkanes) is 1. The van der Waals surface area contributed by atoms with Gasteiger partial charge in [0.05, 0.1) is 0 Å². The zero-order valence-electron chi connectivity index (χ0n) is 7.03. The van der Waals surface area contributed by atoms with Gasteiger partial charge in [-0.2, -0.15) is 0 Å². The second-order valence-electron chi connectivity index (χ2n) is 2.79. The molecule has 0 aliphatic rings. The highest BCUT2D eigenvalue weighted by Crippen LogP contribution is 2.06. The van der Waals surface area contributed by atoms with E-state index >= 15 is 0 Å². The molecule has 3 heteroatoms. The van der Waals surface area contributed by atoms with Crippen molar-refractivity contribution in [3.63, 3.8) is 0 Å². The molecule has 0 unspecified atom stereocenters. The van der Waals surface area contributed by atoms with Crippen molar-refractivity contribution in [3.8, 4) is 0 Å². The van der Waals surface area contributed by atoms with Crippen molar-refractivity contribution >= 4 is 12.2 Å². The number of aromatic amines is 2. The van der Waals surface area contributed by atoms with E-state index in [1.165, 1.54) is 24.2 Å². The molecule has 0 fully saturated rings. The first-order chi connectivity index (χ1) is 5.24. The largest absolute Gasteiger partial charge is 0.335 e. The third-order valence-electron chi connectivity index (χ3n) is 1.80. The number of H-pyrrole nitrogens is 2. The summed E-state index contributed by atoms with van der Waals surface area (Å²) in [5.41, 5.74) is 2.44. The fraction of sp³-hybridized carbons (Fsp3) is 0.625. The van der Waals surface area contributed by atoms with Gasteiger partial charge in [0, 0.05) is 11.4 Å². The molecule has 0 aromatic carbocycles. The highest BCUT2D eigenvalue weighted by Gasteiger charge is 1.98. The van der Waals surface area contributed by atoms with Crippen LogP contribution in [-0.2, 0) is 6.42 Å². The molecule has 0 saturated heterocycles. The quantitative estimate of drug-likeness (QED) is 0.671. The van der Waals surface area contributed by atoms with Gasteiger partial charge < -0.3 is 9.97 Å². The van der Waals surface area contributed by atoms with Crippen molar-refractivity contribution < 1.29 is 0 Å². The molecule has 0 atom stereocenters. The number of hydrogen-bond acceptors (Lipinski definition) is 1. The van der Waals surface area contributed by atoms with E-state index in [1.54, 1.807) is 0 Å². The second kappa shape index (κ2) is 3.72. The first-order valence-corrected chi connectivity index (χ1v) is 4.42. The van der Waals surface area contributed by atoms with Gasteiger partial charge in [-0.3, -0.25) is 0 Å². The van der Waals surface area contributed by atoms with Crippen molar-refractivity contribution in [2.24, 2.45) is 0 Å². The normalized spacial score (nSPS) is 10.4. The van der Waals surface area contributed by atoms with Gasteiger partial charge in [0.2, 0.25) is 0 Å². The number of hydrogen-bond donors (Lipinski definition) is 2. The Morgan fingerprint density at radius 2 is 2.09 bits per heavy atom.